The van der Waals surface area contributed by atoms with Gasteiger partial charge in [0.2, 0.25) is 0 Å². The second kappa shape index (κ2) is 2.12. The van der Waals surface area contributed by atoms with E-state index < -0.39 is 0 Å². The van der Waals surface area contributed by atoms with Crippen molar-refractivity contribution in [1.82, 2.24) is 0 Å². The Balaban J connectivity index is 2.03. The lowest BCUT2D eigenvalue weighted by atomic mass is 10.1. The molecule has 39 valence electrons. The highest BCUT2D eigenvalue weighted by atomic mass is 16.5. The van der Waals surface area contributed by atoms with Gasteiger partial charge in [-0.2, -0.15) is 0 Å². The minimum Gasteiger partial charge on any atom is -0.377 e. The van der Waals surface area contributed by atoms with E-state index in [-0.39, 0.29) is 0 Å². The normalized spacial score (nSPS) is 28.9. The molecule has 7 heavy (non-hydrogen) atoms. The summed E-state index contributed by atoms with van der Waals surface area (Å²) in [7, 11) is 0. The Kier molecular flexibility index (Phi) is 1.47. The van der Waals surface area contributed by atoms with Crippen LogP contribution < -0.4 is 0 Å². The zero-order valence-electron chi connectivity index (χ0n) is 4.26. The van der Waals surface area contributed by atoms with Gasteiger partial charge in [-0.3, -0.25) is 0 Å². The largest absolute Gasteiger partial charge is 0.377 e. The average Bonchev–Trinajstić information content (AvgIpc) is 1.55. The average molecular weight is 97.1 g/mol. The lowest BCUT2D eigenvalue weighted by molar-refractivity contribution is -0.0262. The molecule has 0 aromatic carbocycles. The van der Waals surface area contributed by atoms with Gasteiger partial charge in [0.15, 0.2) is 0 Å². The Morgan fingerprint density at radius 3 is 2.57 bits per heavy atom. The van der Waals surface area contributed by atoms with Crippen LogP contribution in [0.2, 0.25) is 0 Å². The van der Waals surface area contributed by atoms with Crippen molar-refractivity contribution in [2.24, 2.45) is 0 Å². The van der Waals surface area contributed by atoms with Gasteiger partial charge in [-0.05, 0) is 6.42 Å². The molecule has 0 amide bonds. The molecule has 0 aromatic heterocycles. The van der Waals surface area contributed by atoms with Crippen LogP contribution in [0.1, 0.15) is 6.42 Å². The zero-order chi connectivity index (χ0) is 5.11. The summed E-state index contributed by atoms with van der Waals surface area (Å²) in [5.41, 5.74) is 0. The van der Waals surface area contributed by atoms with Crippen LogP contribution in [0.4, 0.5) is 0 Å². The highest BCUT2D eigenvalue weighted by Gasteiger charge is 2.15. The van der Waals surface area contributed by atoms with E-state index in [1.807, 2.05) is 6.42 Å². The quantitative estimate of drug-likeness (QED) is 0.502. The standard InChI is InChI=1S/C6H9O/c1-2-3-6-4-5-7-6/h2-3,6H,1,4-5H2. The Morgan fingerprint density at radius 2 is 2.43 bits per heavy atom. The molecule has 1 rings (SSSR count). The fourth-order valence-corrected chi connectivity index (χ4v) is 0.557. The molecule has 1 aliphatic heterocycles. The van der Waals surface area contributed by atoms with E-state index in [1.54, 1.807) is 6.08 Å². The highest BCUT2D eigenvalue weighted by Crippen LogP contribution is 2.12. The molecular formula is C6H9O. The summed E-state index contributed by atoms with van der Waals surface area (Å²) in [5.74, 6) is 0. The SMILES string of the molecule is C=C[CH]C1CCO1. The summed E-state index contributed by atoms with van der Waals surface area (Å²) in [6, 6.07) is 0. The molecule has 1 radical (unpaired) electrons. The van der Waals surface area contributed by atoms with Crippen molar-refractivity contribution in [3.05, 3.63) is 19.1 Å². The molecule has 1 atom stereocenters. The molecule has 0 bridgehead atoms. The fourth-order valence-electron chi connectivity index (χ4n) is 0.557. The predicted octanol–water partition coefficient (Wildman–Crippen LogP) is 1.17. The molecule has 0 N–H and O–H groups in total. The molecule has 1 unspecified atom stereocenters. The van der Waals surface area contributed by atoms with E-state index in [4.69, 9.17) is 4.74 Å². The second-order valence-electron chi connectivity index (χ2n) is 1.63. The predicted molar refractivity (Wildman–Crippen MR) is 28.9 cm³/mol. The van der Waals surface area contributed by atoms with Crippen LogP contribution in [0.15, 0.2) is 12.7 Å². The summed E-state index contributed by atoms with van der Waals surface area (Å²) < 4.78 is 5.04. The topological polar surface area (TPSA) is 9.23 Å². The maximum Gasteiger partial charge on any atom is 0.0666 e. The molecule has 1 nitrogen and oxygen atoms in total. The minimum atomic E-state index is 0.387. The van der Waals surface area contributed by atoms with Crippen molar-refractivity contribution in [3.63, 3.8) is 0 Å². The smallest absolute Gasteiger partial charge is 0.0666 e. The molecule has 1 aliphatic rings. The van der Waals surface area contributed by atoms with Crippen LogP contribution >= 0.6 is 0 Å². The molecule has 1 fully saturated rings. The molecule has 0 spiro atoms. The molecule has 0 aromatic rings. The molecule has 0 aliphatic carbocycles. The van der Waals surface area contributed by atoms with E-state index in [0.29, 0.717) is 6.10 Å². The number of hydrogen-bond donors (Lipinski definition) is 0. The lowest BCUT2D eigenvalue weighted by Crippen LogP contribution is -2.26. The van der Waals surface area contributed by atoms with Crippen LogP contribution in [0, 0.1) is 6.42 Å². The van der Waals surface area contributed by atoms with Gasteiger partial charge in [0, 0.05) is 13.0 Å². The first-order chi connectivity index (χ1) is 3.43. The van der Waals surface area contributed by atoms with Crippen molar-refractivity contribution in [1.29, 1.82) is 0 Å². The maximum atomic E-state index is 5.04. The number of ether oxygens (including phenoxy) is 1. The highest BCUT2D eigenvalue weighted by molar-refractivity contribution is 4.95. The van der Waals surface area contributed by atoms with Crippen LogP contribution in [-0.4, -0.2) is 12.7 Å². The Hall–Kier alpha value is -0.300. The first-order valence-electron chi connectivity index (χ1n) is 2.51. The van der Waals surface area contributed by atoms with E-state index in [2.05, 4.69) is 6.58 Å². The van der Waals surface area contributed by atoms with E-state index in [9.17, 15) is 0 Å². The van der Waals surface area contributed by atoms with Crippen molar-refractivity contribution in [2.45, 2.75) is 12.5 Å². The van der Waals surface area contributed by atoms with Crippen LogP contribution in [0.5, 0.6) is 0 Å². The van der Waals surface area contributed by atoms with E-state index >= 15 is 0 Å². The van der Waals surface area contributed by atoms with Crippen LogP contribution in [0.25, 0.3) is 0 Å². The molecule has 1 heteroatoms. The molecule has 1 saturated heterocycles. The van der Waals surface area contributed by atoms with Gasteiger partial charge in [-0.1, -0.05) is 6.08 Å². The van der Waals surface area contributed by atoms with Gasteiger partial charge >= 0.3 is 0 Å². The summed E-state index contributed by atoms with van der Waals surface area (Å²) in [5, 5.41) is 0. The number of rotatable bonds is 2. The van der Waals surface area contributed by atoms with Gasteiger partial charge in [-0.15, -0.1) is 6.58 Å². The van der Waals surface area contributed by atoms with Gasteiger partial charge in [0.25, 0.3) is 0 Å². The van der Waals surface area contributed by atoms with Crippen LogP contribution in [-0.2, 0) is 4.74 Å². The van der Waals surface area contributed by atoms with E-state index in [1.165, 1.54) is 6.42 Å². The van der Waals surface area contributed by atoms with Gasteiger partial charge in [0.1, 0.15) is 0 Å². The minimum absolute atomic E-state index is 0.387. The molecule has 0 saturated carbocycles. The van der Waals surface area contributed by atoms with Crippen molar-refractivity contribution < 1.29 is 4.74 Å². The summed E-state index contributed by atoms with van der Waals surface area (Å²) in [4.78, 5) is 0. The third kappa shape index (κ3) is 1.03. The fraction of sp³-hybridized carbons (Fsp3) is 0.500. The first kappa shape index (κ1) is 4.85. The number of hydrogen-bond acceptors (Lipinski definition) is 1. The summed E-state index contributed by atoms with van der Waals surface area (Å²) in [6.45, 7) is 4.47. The summed E-state index contributed by atoms with van der Waals surface area (Å²) >= 11 is 0. The van der Waals surface area contributed by atoms with Gasteiger partial charge in [0.05, 0.1) is 6.10 Å². The maximum absolute atomic E-state index is 5.04. The Morgan fingerprint density at radius 1 is 1.71 bits per heavy atom. The second-order valence-corrected chi connectivity index (χ2v) is 1.63. The third-order valence-corrected chi connectivity index (χ3v) is 1.09. The Labute approximate surface area is 44.0 Å². The van der Waals surface area contributed by atoms with Crippen molar-refractivity contribution in [2.75, 3.05) is 6.61 Å². The monoisotopic (exact) mass is 97.1 g/mol. The first-order valence-corrected chi connectivity index (χ1v) is 2.51. The van der Waals surface area contributed by atoms with E-state index in [0.717, 1.165) is 6.61 Å². The third-order valence-electron chi connectivity index (χ3n) is 1.09. The van der Waals surface area contributed by atoms with Gasteiger partial charge < -0.3 is 4.74 Å². The lowest BCUT2D eigenvalue weighted by Gasteiger charge is -2.24. The zero-order valence-corrected chi connectivity index (χ0v) is 4.26. The molecular weight excluding hydrogens is 88.1 g/mol. The van der Waals surface area contributed by atoms with Gasteiger partial charge in [-0.25, -0.2) is 0 Å². The summed E-state index contributed by atoms with van der Waals surface area (Å²) in [6.07, 6.45) is 5.32. The van der Waals surface area contributed by atoms with Crippen LogP contribution in [0.3, 0.4) is 0 Å². The van der Waals surface area contributed by atoms with Crippen molar-refractivity contribution in [3.8, 4) is 0 Å². The molecule has 1 heterocycles. The van der Waals surface area contributed by atoms with Crippen molar-refractivity contribution >= 4 is 0 Å². The Bertz CT molecular complexity index is 64.6.